The van der Waals surface area contributed by atoms with E-state index in [0.29, 0.717) is 0 Å². The van der Waals surface area contributed by atoms with Crippen molar-refractivity contribution in [1.82, 2.24) is 10.2 Å². The van der Waals surface area contributed by atoms with Gasteiger partial charge in [0.15, 0.2) is 0 Å². The first-order valence-electron chi connectivity index (χ1n) is 9.01. The Morgan fingerprint density at radius 2 is 0.750 bits per heavy atom. The third-order valence-corrected chi connectivity index (χ3v) is 4.14. The summed E-state index contributed by atoms with van der Waals surface area (Å²) < 4.78 is 0. The highest BCUT2D eigenvalue weighted by Crippen LogP contribution is 2.16. The molecule has 4 aromatic carbocycles. The van der Waals surface area contributed by atoms with E-state index in [4.69, 9.17) is 0 Å². The summed E-state index contributed by atoms with van der Waals surface area (Å²) in [4.78, 5) is 0. The van der Waals surface area contributed by atoms with Gasteiger partial charge in [0.05, 0.1) is 22.4 Å². The Hall–Kier alpha value is -3.92. The average molecular weight is 362 g/mol. The largest absolute Gasteiger partial charge is 0.151 e. The monoisotopic (exact) mass is 362 g/mol. The summed E-state index contributed by atoms with van der Waals surface area (Å²) in [5.74, 6) is 0. The minimum absolute atomic E-state index is 0.872. The fourth-order valence-electron chi connectivity index (χ4n) is 2.66. The first kappa shape index (κ1) is 17.5. The van der Waals surface area contributed by atoms with E-state index in [1.807, 2.05) is 84.9 Å². The maximum atomic E-state index is 4.12. The molecule has 0 saturated carbocycles. The lowest BCUT2D eigenvalue weighted by molar-refractivity contribution is 1.12. The van der Waals surface area contributed by atoms with Crippen LogP contribution in [0, 0.1) is 0 Å². The lowest BCUT2D eigenvalue weighted by Gasteiger charge is -1.95. The van der Waals surface area contributed by atoms with E-state index in [2.05, 4.69) is 44.7 Å². The molecule has 0 N–H and O–H groups in total. The Morgan fingerprint density at radius 1 is 0.393 bits per heavy atom. The minimum atomic E-state index is 0.872. The van der Waals surface area contributed by atoms with E-state index in [1.54, 1.807) is 0 Å². The summed E-state index contributed by atoms with van der Waals surface area (Å²) in [7, 11) is 0. The molecule has 4 aromatic heterocycles. The maximum absolute atomic E-state index is 4.12. The molecule has 4 bridgehead atoms. The molecule has 0 saturated heterocycles. The highest BCUT2D eigenvalue weighted by molar-refractivity contribution is 5.83. The van der Waals surface area contributed by atoms with Crippen LogP contribution in [0.1, 0.15) is 0 Å². The van der Waals surface area contributed by atoms with E-state index < -0.39 is 0 Å². The number of rotatable bonds is 2. The van der Waals surface area contributed by atoms with E-state index in [0.717, 1.165) is 22.4 Å². The van der Waals surface area contributed by atoms with Crippen molar-refractivity contribution < 1.29 is 0 Å². The quantitative estimate of drug-likeness (QED) is 0.321. The molecule has 0 radical (unpaired) electrons. The first-order chi connectivity index (χ1) is 13.9. The molecule has 0 unspecified atom stereocenters. The third kappa shape index (κ3) is 4.62. The van der Waals surface area contributed by atoms with Crippen LogP contribution in [-0.4, -0.2) is 10.2 Å². The Kier molecular flexibility index (Phi) is 5.40. The molecule has 0 amide bonds. The summed E-state index contributed by atoms with van der Waals surface area (Å²) >= 11 is 0. The predicted molar refractivity (Wildman–Crippen MR) is 114 cm³/mol. The van der Waals surface area contributed by atoms with Crippen LogP contribution in [0.4, 0.5) is 11.4 Å². The van der Waals surface area contributed by atoms with Crippen molar-refractivity contribution in [2.45, 2.75) is 0 Å². The Balaban J connectivity index is 0.000000137. The van der Waals surface area contributed by atoms with Gasteiger partial charge in [0.2, 0.25) is 0 Å². The molecule has 8 rings (SSSR count). The van der Waals surface area contributed by atoms with Crippen molar-refractivity contribution in [1.29, 1.82) is 0 Å². The van der Waals surface area contributed by atoms with Crippen LogP contribution >= 0.6 is 0 Å². The van der Waals surface area contributed by atoms with E-state index >= 15 is 0 Å². The van der Waals surface area contributed by atoms with E-state index in [1.165, 1.54) is 10.8 Å². The molecule has 4 nitrogen and oxygen atoms in total. The van der Waals surface area contributed by atoms with Crippen LogP contribution in [0.25, 0.3) is 21.8 Å². The minimum Gasteiger partial charge on any atom is -0.151 e. The number of aromatic nitrogens is 2. The van der Waals surface area contributed by atoms with E-state index in [-0.39, 0.29) is 0 Å². The molecule has 0 fully saturated rings. The molecule has 134 valence electrons. The van der Waals surface area contributed by atoms with Gasteiger partial charge in [0, 0.05) is 0 Å². The lowest BCUT2D eigenvalue weighted by Crippen LogP contribution is -1.80. The topological polar surface area (TPSA) is 50.5 Å². The van der Waals surface area contributed by atoms with Crippen LogP contribution in [0.15, 0.2) is 119 Å². The van der Waals surface area contributed by atoms with Gasteiger partial charge < -0.3 is 0 Å². The molecule has 4 heterocycles. The van der Waals surface area contributed by atoms with Gasteiger partial charge in [0.25, 0.3) is 0 Å². The molecular formula is C24H18N4. The fraction of sp³-hybridized carbons (Fsp3) is 0. The van der Waals surface area contributed by atoms with Gasteiger partial charge in [-0.15, -0.1) is 0 Å². The zero-order valence-corrected chi connectivity index (χ0v) is 15.2. The second-order valence-corrected chi connectivity index (χ2v) is 6.16. The molecular weight excluding hydrogens is 344 g/mol. The van der Waals surface area contributed by atoms with Crippen molar-refractivity contribution in [3.63, 3.8) is 0 Å². The van der Waals surface area contributed by atoms with Crippen LogP contribution in [0.5, 0.6) is 0 Å². The highest BCUT2D eigenvalue weighted by atomic mass is 15.1. The van der Waals surface area contributed by atoms with Crippen LogP contribution < -0.4 is 0 Å². The predicted octanol–water partition coefficient (Wildman–Crippen LogP) is 6.89. The highest BCUT2D eigenvalue weighted by Gasteiger charge is 1.92. The SMILES string of the molecule is c1cc2ccc1nnc1ccc2cc1.c1ccc(N=Nc2ccccc2)cc1. The van der Waals surface area contributed by atoms with Crippen molar-refractivity contribution in [3.05, 3.63) is 109 Å². The second kappa shape index (κ2) is 8.64. The molecule has 28 heavy (non-hydrogen) atoms. The number of hydrogen-bond acceptors (Lipinski definition) is 4. The van der Waals surface area contributed by atoms with Crippen molar-refractivity contribution >= 4 is 33.2 Å². The normalized spacial score (nSPS) is 10.7. The summed E-state index contributed by atoms with van der Waals surface area (Å²) in [6, 6.07) is 35.6. The van der Waals surface area contributed by atoms with Gasteiger partial charge in [-0.3, -0.25) is 0 Å². The molecule has 8 aromatic rings. The van der Waals surface area contributed by atoms with Gasteiger partial charge in [0.1, 0.15) is 0 Å². The molecule has 0 aliphatic carbocycles. The second-order valence-electron chi connectivity index (χ2n) is 6.16. The van der Waals surface area contributed by atoms with Gasteiger partial charge in [-0.2, -0.15) is 20.4 Å². The van der Waals surface area contributed by atoms with Crippen molar-refractivity contribution in [3.8, 4) is 0 Å². The fourth-order valence-corrected chi connectivity index (χ4v) is 2.66. The van der Waals surface area contributed by atoms with E-state index in [9.17, 15) is 0 Å². The molecule has 0 aliphatic heterocycles. The van der Waals surface area contributed by atoms with Crippen molar-refractivity contribution in [2.24, 2.45) is 10.2 Å². The van der Waals surface area contributed by atoms with Gasteiger partial charge in [-0.1, -0.05) is 60.7 Å². The summed E-state index contributed by atoms with van der Waals surface area (Å²) in [6.07, 6.45) is 0. The summed E-state index contributed by atoms with van der Waals surface area (Å²) in [6.45, 7) is 0. The number of azo groups is 1. The Labute approximate surface area is 163 Å². The standard InChI is InChI=1S/C12H8N2.C12H10N2/c1-5-11-6-2-9(1)10-3-7-12(8-4-10)14-13-11;1-3-7-11(8-4-1)13-14-12-9-5-2-6-10-12/h1-8H;1-10H. The number of hydrogen-bond donors (Lipinski definition) is 0. The average Bonchev–Trinajstić information content (AvgIpc) is 2.80. The van der Waals surface area contributed by atoms with Crippen LogP contribution in [-0.2, 0) is 0 Å². The molecule has 0 atom stereocenters. The molecule has 0 spiro atoms. The first-order valence-corrected chi connectivity index (χ1v) is 9.01. The molecule has 4 heteroatoms. The maximum Gasteiger partial charge on any atom is 0.0857 e. The lowest BCUT2D eigenvalue weighted by atomic mass is 10.1. The van der Waals surface area contributed by atoms with Crippen molar-refractivity contribution in [2.75, 3.05) is 0 Å². The van der Waals surface area contributed by atoms with Gasteiger partial charge in [-0.05, 0) is 59.3 Å². The van der Waals surface area contributed by atoms with Gasteiger partial charge >= 0.3 is 0 Å². The third-order valence-electron chi connectivity index (χ3n) is 4.14. The van der Waals surface area contributed by atoms with Gasteiger partial charge in [-0.25, -0.2) is 0 Å². The van der Waals surface area contributed by atoms with Crippen LogP contribution in [0.3, 0.4) is 0 Å². The smallest absolute Gasteiger partial charge is 0.0857 e. The summed E-state index contributed by atoms with van der Waals surface area (Å²) in [5.41, 5.74) is 3.54. The zero-order valence-electron chi connectivity index (χ0n) is 15.2. The molecule has 0 aliphatic rings. The number of nitrogens with zero attached hydrogens (tertiary/aromatic N) is 4. The number of benzene rings is 4. The Bertz CT molecular complexity index is 1070. The zero-order chi connectivity index (χ0) is 19.0. The Morgan fingerprint density at radius 3 is 1.11 bits per heavy atom. The van der Waals surface area contributed by atoms with Crippen LogP contribution in [0.2, 0.25) is 0 Å². The summed E-state index contributed by atoms with van der Waals surface area (Å²) in [5, 5.41) is 18.9.